The van der Waals surface area contributed by atoms with E-state index in [2.05, 4.69) is 20.7 Å². The molecule has 0 amide bonds. The molecule has 0 saturated heterocycles. The van der Waals surface area contributed by atoms with Crippen molar-refractivity contribution in [3.63, 3.8) is 0 Å². The van der Waals surface area contributed by atoms with E-state index in [0.717, 1.165) is 0 Å². The van der Waals surface area contributed by atoms with Crippen LogP contribution in [0.5, 0.6) is 0 Å². The fraction of sp³-hybridized carbons (Fsp3) is 0.200. The highest BCUT2D eigenvalue weighted by Gasteiger charge is 2.14. The number of nitrogens with zero attached hydrogens (tertiary/aromatic N) is 1. The summed E-state index contributed by atoms with van der Waals surface area (Å²) >= 11 is 8.88. The number of hydrogen-bond donors (Lipinski definition) is 0. The van der Waals surface area contributed by atoms with Crippen molar-refractivity contribution >= 4 is 33.5 Å². The van der Waals surface area contributed by atoms with E-state index >= 15 is 0 Å². The van der Waals surface area contributed by atoms with E-state index in [9.17, 15) is 4.79 Å². The van der Waals surface area contributed by atoms with E-state index in [1.807, 2.05) is 6.07 Å². The summed E-state index contributed by atoms with van der Waals surface area (Å²) < 4.78 is 5.16. The van der Waals surface area contributed by atoms with Gasteiger partial charge in [-0.25, -0.2) is 4.79 Å². The molecule has 0 aliphatic rings. The first-order valence-corrected chi connectivity index (χ1v) is 5.33. The van der Waals surface area contributed by atoms with Gasteiger partial charge in [-0.1, -0.05) is 0 Å². The van der Waals surface area contributed by atoms with Gasteiger partial charge in [0.1, 0.15) is 6.07 Å². The molecular formula is C10H7BrClNO2. The standard InChI is InChI=1S/C10H7BrClNO2/c1-15-10(14)8-3-9(11)7(5-13)2-6(8)4-12/h2-3H,4H2,1H3. The first-order valence-electron chi connectivity index (χ1n) is 4.00. The van der Waals surface area contributed by atoms with E-state index in [1.165, 1.54) is 7.11 Å². The maximum absolute atomic E-state index is 11.4. The van der Waals surface area contributed by atoms with Crippen molar-refractivity contribution in [2.75, 3.05) is 7.11 Å². The summed E-state index contributed by atoms with van der Waals surface area (Å²) in [4.78, 5) is 11.4. The van der Waals surface area contributed by atoms with Crippen molar-refractivity contribution in [1.29, 1.82) is 5.26 Å². The van der Waals surface area contributed by atoms with Crippen LogP contribution in [0.4, 0.5) is 0 Å². The van der Waals surface area contributed by atoms with Crippen molar-refractivity contribution in [3.05, 3.63) is 33.3 Å². The van der Waals surface area contributed by atoms with Gasteiger partial charge in [0.05, 0.1) is 18.2 Å². The Morgan fingerprint density at radius 1 is 1.67 bits per heavy atom. The summed E-state index contributed by atoms with van der Waals surface area (Å²) in [5, 5.41) is 8.79. The lowest BCUT2D eigenvalue weighted by molar-refractivity contribution is 0.0599. The van der Waals surface area contributed by atoms with Crippen molar-refractivity contribution in [2.45, 2.75) is 5.88 Å². The molecule has 0 aliphatic carbocycles. The number of alkyl halides is 1. The third kappa shape index (κ3) is 2.49. The predicted molar refractivity (Wildman–Crippen MR) is 59.8 cm³/mol. The second-order valence-corrected chi connectivity index (χ2v) is 3.85. The number of esters is 1. The molecule has 0 N–H and O–H groups in total. The third-order valence-electron chi connectivity index (χ3n) is 1.86. The van der Waals surface area contributed by atoms with Gasteiger partial charge in [0.2, 0.25) is 0 Å². The number of halogens is 2. The second kappa shape index (κ2) is 5.15. The number of rotatable bonds is 2. The fourth-order valence-corrected chi connectivity index (χ4v) is 1.77. The molecule has 0 atom stereocenters. The molecule has 0 saturated carbocycles. The topological polar surface area (TPSA) is 50.1 Å². The first-order chi connectivity index (χ1) is 7.13. The van der Waals surface area contributed by atoms with Crippen LogP contribution in [0.3, 0.4) is 0 Å². The van der Waals surface area contributed by atoms with Gasteiger partial charge in [0.15, 0.2) is 0 Å². The maximum atomic E-state index is 11.4. The number of ether oxygens (including phenoxy) is 1. The molecule has 0 heterocycles. The molecule has 1 rings (SSSR count). The Morgan fingerprint density at radius 3 is 2.80 bits per heavy atom. The summed E-state index contributed by atoms with van der Waals surface area (Å²) in [6, 6.07) is 5.11. The van der Waals surface area contributed by atoms with Crippen LogP contribution in [0.25, 0.3) is 0 Å². The van der Waals surface area contributed by atoms with Crippen LogP contribution in [0, 0.1) is 11.3 Å². The van der Waals surface area contributed by atoms with Gasteiger partial charge < -0.3 is 4.74 Å². The van der Waals surface area contributed by atoms with Gasteiger partial charge in [-0.15, -0.1) is 11.6 Å². The lowest BCUT2D eigenvalue weighted by atomic mass is 10.1. The lowest BCUT2D eigenvalue weighted by Gasteiger charge is -2.06. The highest BCUT2D eigenvalue weighted by Crippen LogP contribution is 2.23. The normalized spacial score (nSPS) is 9.47. The SMILES string of the molecule is COC(=O)c1cc(Br)c(C#N)cc1CCl. The maximum Gasteiger partial charge on any atom is 0.338 e. The fourth-order valence-electron chi connectivity index (χ4n) is 1.11. The van der Waals surface area contributed by atoms with Crippen LogP contribution in [-0.4, -0.2) is 13.1 Å². The Bertz CT molecular complexity index is 440. The second-order valence-electron chi connectivity index (χ2n) is 2.73. The Balaban J connectivity index is 3.35. The Hall–Kier alpha value is -1.05. The van der Waals surface area contributed by atoms with E-state index in [1.54, 1.807) is 12.1 Å². The van der Waals surface area contributed by atoms with Crippen molar-refractivity contribution in [2.24, 2.45) is 0 Å². The van der Waals surface area contributed by atoms with Crippen molar-refractivity contribution in [1.82, 2.24) is 0 Å². The largest absolute Gasteiger partial charge is 0.465 e. The van der Waals surface area contributed by atoms with Gasteiger partial charge in [-0.2, -0.15) is 5.26 Å². The molecule has 1 aromatic carbocycles. The Labute approximate surface area is 101 Å². The smallest absolute Gasteiger partial charge is 0.338 e. The van der Waals surface area contributed by atoms with Crippen LogP contribution < -0.4 is 0 Å². The molecular weight excluding hydrogens is 281 g/mol. The number of nitriles is 1. The van der Waals surface area contributed by atoms with Crippen molar-refractivity contribution in [3.8, 4) is 6.07 Å². The van der Waals surface area contributed by atoms with Gasteiger partial charge in [-0.05, 0) is 33.6 Å². The molecule has 78 valence electrons. The minimum Gasteiger partial charge on any atom is -0.465 e. The van der Waals surface area contributed by atoms with Gasteiger partial charge in [-0.3, -0.25) is 0 Å². The summed E-state index contributed by atoms with van der Waals surface area (Å²) in [5.74, 6) is -0.303. The molecule has 0 fully saturated rings. The molecule has 0 aliphatic heterocycles. The number of carbonyl (C=O) groups excluding carboxylic acids is 1. The van der Waals surface area contributed by atoms with E-state index in [-0.39, 0.29) is 5.88 Å². The molecule has 0 aromatic heterocycles. The zero-order chi connectivity index (χ0) is 11.4. The van der Waals surface area contributed by atoms with E-state index in [0.29, 0.717) is 21.2 Å². The van der Waals surface area contributed by atoms with Crippen LogP contribution in [0.2, 0.25) is 0 Å². The molecule has 0 unspecified atom stereocenters. The first kappa shape index (κ1) is 12.0. The van der Waals surface area contributed by atoms with Crippen molar-refractivity contribution < 1.29 is 9.53 Å². The van der Waals surface area contributed by atoms with Crippen LogP contribution >= 0.6 is 27.5 Å². The molecule has 0 spiro atoms. The summed E-state index contributed by atoms with van der Waals surface area (Å²) in [7, 11) is 1.30. The van der Waals surface area contributed by atoms with Gasteiger partial charge in [0, 0.05) is 10.4 Å². The third-order valence-corrected chi connectivity index (χ3v) is 2.81. The molecule has 15 heavy (non-hydrogen) atoms. The average molecular weight is 289 g/mol. The van der Waals surface area contributed by atoms with E-state index in [4.69, 9.17) is 16.9 Å². The minimum absolute atomic E-state index is 0.159. The van der Waals surface area contributed by atoms with Crippen LogP contribution in [0.1, 0.15) is 21.5 Å². The highest BCUT2D eigenvalue weighted by molar-refractivity contribution is 9.10. The van der Waals surface area contributed by atoms with Gasteiger partial charge in [0.25, 0.3) is 0 Å². The monoisotopic (exact) mass is 287 g/mol. The molecule has 0 radical (unpaired) electrons. The average Bonchev–Trinajstić information content (AvgIpc) is 2.27. The molecule has 1 aromatic rings. The Kier molecular flexibility index (Phi) is 4.13. The van der Waals surface area contributed by atoms with E-state index < -0.39 is 5.97 Å². The van der Waals surface area contributed by atoms with Crippen LogP contribution in [0.15, 0.2) is 16.6 Å². The minimum atomic E-state index is -0.462. The number of carbonyl (C=O) groups is 1. The predicted octanol–water partition coefficient (Wildman–Crippen LogP) is 2.85. The quantitative estimate of drug-likeness (QED) is 0.621. The number of methoxy groups -OCH3 is 1. The highest BCUT2D eigenvalue weighted by atomic mass is 79.9. The van der Waals surface area contributed by atoms with Crippen LogP contribution in [-0.2, 0) is 10.6 Å². The number of benzene rings is 1. The zero-order valence-corrected chi connectivity index (χ0v) is 10.2. The molecule has 5 heteroatoms. The zero-order valence-electron chi connectivity index (χ0n) is 7.88. The molecule has 0 bridgehead atoms. The molecule has 3 nitrogen and oxygen atoms in total. The summed E-state index contributed by atoms with van der Waals surface area (Å²) in [6.45, 7) is 0. The summed E-state index contributed by atoms with van der Waals surface area (Å²) in [6.07, 6.45) is 0. The number of hydrogen-bond acceptors (Lipinski definition) is 3. The Morgan fingerprint density at radius 2 is 2.33 bits per heavy atom. The lowest BCUT2D eigenvalue weighted by Crippen LogP contribution is -2.05. The summed E-state index contributed by atoms with van der Waals surface area (Å²) in [5.41, 5.74) is 1.40. The van der Waals surface area contributed by atoms with Gasteiger partial charge >= 0.3 is 5.97 Å².